The minimum atomic E-state index is -10.7. The monoisotopic (exact) mass is 486 g/mol. The van der Waals surface area contributed by atoms with Gasteiger partial charge in [0.25, 0.3) is 0 Å². The van der Waals surface area contributed by atoms with Crippen molar-refractivity contribution in [1.29, 1.82) is 0 Å². The SMILES string of the molecule is Cc1ccc(Cl)c(Cl)c1C.F[P-](F)(F)(F)(F)F.[CH]1C=CC=C1.[Ru+]. The third kappa shape index (κ3) is 18.1. The van der Waals surface area contributed by atoms with Crippen molar-refractivity contribution in [2.24, 2.45) is 0 Å². The number of hydrogen-bond acceptors (Lipinski definition) is 0. The van der Waals surface area contributed by atoms with Crippen LogP contribution in [0, 0.1) is 20.3 Å². The topological polar surface area (TPSA) is 0 Å². The van der Waals surface area contributed by atoms with Gasteiger partial charge in [-0.3, -0.25) is 0 Å². The molecule has 0 atom stereocenters. The molecule has 0 unspecified atom stereocenters. The van der Waals surface area contributed by atoms with Gasteiger partial charge in [-0.1, -0.05) is 53.6 Å². The van der Waals surface area contributed by atoms with E-state index in [9.17, 15) is 25.2 Å². The zero-order valence-corrected chi connectivity index (χ0v) is 16.0. The summed E-state index contributed by atoms with van der Waals surface area (Å²) in [5.41, 5.74) is 2.24. The molecule has 0 spiro atoms. The van der Waals surface area contributed by atoms with Crippen molar-refractivity contribution >= 4 is 31.0 Å². The molecular formula is C13H13Cl2F6PRu. The van der Waals surface area contributed by atoms with E-state index in [-0.39, 0.29) is 19.5 Å². The van der Waals surface area contributed by atoms with E-state index in [2.05, 4.69) is 0 Å². The summed E-state index contributed by atoms with van der Waals surface area (Å²) >= 11 is 11.6. The largest absolute Gasteiger partial charge is 1.00 e. The Morgan fingerprint density at radius 3 is 1.43 bits per heavy atom. The van der Waals surface area contributed by atoms with E-state index >= 15 is 0 Å². The average molecular weight is 486 g/mol. The zero-order chi connectivity index (χ0) is 17.7. The van der Waals surface area contributed by atoms with Crippen LogP contribution in [0.5, 0.6) is 0 Å². The summed E-state index contributed by atoms with van der Waals surface area (Å²) in [6.07, 6.45) is 10.0. The fourth-order valence-electron chi connectivity index (χ4n) is 1.07. The van der Waals surface area contributed by atoms with Crippen molar-refractivity contribution in [3.8, 4) is 0 Å². The molecule has 0 aliphatic heterocycles. The van der Waals surface area contributed by atoms with Crippen LogP contribution in [0.4, 0.5) is 25.2 Å². The average Bonchev–Trinajstić information content (AvgIpc) is 2.86. The molecule has 1 aliphatic rings. The summed E-state index contributed by atoms with van der Waals surface area (Å²) in [6, 6.07) is 3.77. The number of allylic oxidation sites excluding steroid dienone is 4. The molecule has 10 heteroatoms. The van der Waals surface area contributed by atoms with E-state index in [4.69, 9.17) is 23.2 Å². The Labute approximate surface area is 153 Å². The van der Waals surface area contributed by atoms with Crippen LogP contribution in [0.25, 0.3) is 0 Å². The molecule has 23 heavy (non-hydrogen) atoms. The minimum Gasteiger partial charge on any atom is -0.0767 e. The summed E-state index contributed by atoms with van der Waals surface area (Å²) in [5, 5.41) is 1.30. The molecule has 2 rings (SSSR count). The molecule has 0 bridgehead atoms. The number of hydrogen-bond donors (Lipinski definition) is 0. The van der Waals surface area contributed by atoms with Crippen molar-refractivity contribution in [2.45, 2.75) is 13.8 Å². The van der Waals surface area contributed by atoms with Crippen LogP contribution in [-0.2, 0) is 19.5 Å². The molecule has 0 saturated carbocycles. The second-order valence-electron chi connectivity index (χ2n) is 4.22. The predicted molar refractivity (Wildman–Crippen MR) is 82.1 cm³/mol. The maximum absolute atomic E-state index is 10.7. The Balaban J connectivity index is 0. The molecule has 0 aromatic heterocycles. The Morgan fingerprint density at radius 1 is 0.783 bits per heavy atom. The predicted octanol–water partition coefficient (Wildman–Crippen LogP) is 8.31. The van der Waals surface area contributed by atoms with Gasteiger partial charge in [0.05, 0.1) is 10.0 Å². The van der Waals surface area contributed by atoms with Crippen LogP contribution in [-0.4, -0.2) is 0 Å². The van der Waals surface area contributed by atoms with Crippen molar-refractivity contribution in [3.63, 3.8) is 0 Å². The van der Waals surface area contributed by atoms with Crippen molar-refractivity contribution in [2.75, 3.05) is 0 Å². The van der Waals surface area contributed by atoms with E-state index in [0.29, 0.717) is 10.0 Å². The number of halogens is 8. The maximum atomic E-state index is 9.87. The first-order chi connectivity index (χ1) is 9.58. The summed E-state index contributed by atoms with van der Waals surface area (Å²) in [4.78, 5) is 0. The molecule has 0 heterocycles. The van der Waals surface area contributed by atoms with E-state index in [1.54, 1.807) is 0 Å². The molecule has 1 aliphatic carbocycles. The van der Waals surface area contributed by atoms with Gasteiger partial charge >= 0.3 is 52.5 Å². The fraction of sp³-hybridized carbons (Fsp3) is 0.154. The van der Waals surface area contributed by atoms with Crippen LogP contribution in [0.3, 0.4) is 0 Å². The van der Waals surface area contributed by atoms with Gasteiger partial charge < -0.3 is 0 Å². The molecule has 0 N–H and O–H groups in total. The van der Waals surface area contributed by atoms with Crippen LogP contribution >= 0.6 is 31.0 Å². The summed E-state index contributed by atoms with van der Waals surface area (Å²) in [5.74, 6) is 0. The Hall–Kier alpha value is -0.0866. The van der Waals surface area contributed by atoms with Crippen LogP contribution in [0.2, 0.25) is 10.0 Å². The van der Waals surface area contributed by atoms with Gasteiger partial charge in [-0.05, 0) is 31.0 Å². The molecule has 0 nitrogen and oxygen atoms in total. The third-order valence-electron chi connectivity index (χ3n) is 2.17. The number of rotatable bonds is 0. The van der Waals surface area contributed by atoms with Crippen molar-refractivity contribution in [3.05, 3.63) is 64.0 Å². The fourth-order valence-corrected chi connectivity index (χ4v) is 1.49. The van der Waals surface area contributed by atoms with Crippen LogP contribution < -0.4 is 0 Å². The summed E-state index contributed by atoms with van der Waals surface area (Å²) < 4.78 is 59.2. The first-order valence-electron chi connectivity index (χ1n) is 5.72. The molecule has 0 fully saturated rings. The molecule has 134 valence electrons. The van der Waals surface area contributed by atoms with Gasteiger partial charge in [0.1, 0.15) is 0 Å². The Kier molecular flexibility index (Phi) is 9.11. The van der Waals surface area contributed by atoms with Crippen LogP contribution in [0.15, 0.2) is 36.4 Å². The van der Waals surface area contributed by atoms with E-state index < -0.39 is 7.81 Å². The van der Waals surface area contributed by atoms with Gasteiger partial charge in [0.15, 0.2) is 0 Å². The summed E-state index contributed by atoms with van der Waals surface area (Å²) in [7, 11) is -10.7. The van der Waals surface area contributed by atoms with Gasteiger partial charge in [-0.2, -0.15) is 0 Å². The maximum Gasteiger partial charge on any atom is 1.00 e. The minimum absolute atomic E-state index is 0. The number of benzene rings is 1. The van der Waals surface area contributed by atoms with E-state index in [1.807, 2.05) is 56.7 Å². The number of aryl methyl sites for hydroxylation is 1. The standard InChI is InChI=1S/C8H8Cl2.C5H5.F6P.Ru/c1-5-3-4-7(9)8(10)6(5)2;1-2-4-5-3-1;1-7(2,3,4,5)6;/h3-4H,1-2H3;1-5H;;/q;;-1;+1. The first kappa shape index (κ1) is 25.2. The van der Waals surface area contributed by atoms with Gasteiger partial charge in [-0.15, -0.1) is 0 Å². The normalized spacial score (nSPS) is 15.2. The molecular weight excluding hydrogens is 473 g/mol. The third-order valence-corrected chi connectivity index (χ3v) is 3.06. The van der Waals surface area contributed by atoms with Crippen molar-refractivity contribution < 1.29 is 44.7 Å². The van der Waals surface area contributed by atoms with Crippen molar-refractivity contribution in [1.82, 2.24) is 0 Å². The van der Waals surface area contributed by atoms with Gasteiger partial charge in [0.2, 0.25) is 0 Å². The van der Waals surface area contributed by atoms with Crippen LogP contribution in [0.1, 0.15) is 11.1 Å². The van der Waals surface area contributed by atoms with Gasteiger partial charge in [0, 0.05) is 6.42 Å². The smallest absolute Gasteiger partial charge is 0.0767 e. The van der Waals surface area contributed by atoms with E-state index in [0.717, 1.165) is 5.56 Å². The van der Waals surface area contributed by atoms with E-state index in [1.165, 1.54) is 5.56 Å². The zero-order valence-electron chi connectivity index (χ0n) is 11.9. The quantitative estimate of drug-likeness (QED) is 0.197. The Bertz CT molecular complexity index is 533. The molecule has 0 saturated heterocycles. The van der Waals surface area contributed by atoms with Gasteiger partial charge in [-0.25, -0.2) is 0 Å². The summed E-state index contributed by atoms with van der Waals surface area (Å²) in [6.45, 7) is 3.97. The Morgan fingerprint density at radius 2 is 1.17 bits per heavy atom. The second-order valence-corrected chi connectivity index (χ2v) is 6.93. The molecule has 2 radical (unpaired) electrons. The molecule has 0 amide bonds. The first-order valence-corrected chi connectivity index (χ1v) is 8.50. The molecule has 1 aromatic carbocycles. The molecule has 1 aromatic rings. The second kappa shape index (κ2) is 8.33.